The number of aryl methyl sites for hydroxylation is 1. The first kappa shape index (κ1) is 17.0. The molecule has 0 aliphatic carbocycles. The number of hydrogen-bond acceptors (Lipinski definition) is 5. The second-order valence-electron chi connectivity index (χ2n) is 4.68. The fourth-order valence-corrected chi connectivity index (χ4v) is 3.20. The molecule has 0 radical (unpaired) electrons. The van der Waals surface area contributed by atoms with E-state index < -0.39 is 5.97 Å². The van der Waals surface area contributed by atoms with Crippen molar-refractivity contribution in [2.24, 2.45) is 0 Å². The van der Waals surface area contributed by atoms with Crippen molar-refractivity contribution < 1.29 is 14.7 Å². The maximum Gasteiger partial charge on any atom is 0.305 e. The number of aliphatic carboxylic acids is 1. The Morgan fingerprint density at radius 2 is 2.20 bits per heavy atom. The molecular formula is C13H20N2O3S2. The van der Waals surface area contributed by atoms with Crippen LogP contribution >= 0.6 is 23.1 Å². The summed E-state index contributed by atoms with van der Waals surface area (Å²) < 4.78 is 0. The summed E-state index contributed by atoms with van der Waals surface area (Å²) in [7, 11) is 0. The molecule has 0 saturated carbocycles. The molecule has 0 bridgehead atoms. The van der Waals surface area contributed by atoms with E-state index in [0.29, 0.717) is 11.5 Å². The van der Waals surface area contributed by atoms with Crippen molar-refractivity contribution in [3.8, 4) is 0 Å². The molecule has 0 aliphatic rings. The quantitative estimate of drug-likeness (QED) is 0.797. The van der Waals surface area contributed by atoms with Gasteiger partial charge in [-0.25, -0.2) is 4.98 Å². The van der Waals surface area contributed by atoms with E-state index in [2.05, 4.69) is 4.98 Å². The Hall–Kier alpha value is -1.08. The molecule has 1 aromatic heterocycles. The van der Waals surface area contributed by atoms with E-state index >= 15 is 0 Å². The van der Waals surface area contributed by atoms with Gasteiger partial charge >= 0.3 is 5.97 Å². The van der Waals surface area contributed by atoms with Gasteiger partial charge in [-0.15, -0.1) is 23.1 Å². The van der Waals surface area contributed by atoms with Crippen LogP contribution in [0.25, 0.3) is 0 Å². The van der Waals surface area contributed by atoms with Crippen LogP contribution in [0.1, 0.15) is 31.0 Å². The highest BCUT2D eigenvalue weighted by molar-refractivity contribution is 7.99. The van der Waals surface area contributed by atoms with Crippen LogP contribution in [-0.2, 0) is 15.3 Å². The van der Waals surface area contributed by atoms with Crippen LogP contribution in [0.5, 0.6) is 0 Å². The van der Waals surface area contributed by atoms with E-state index in [1.807, 2.05) is 26.2 Å². The van der Waals surface area contributed by atoms with Gasteiger partial charge in [0.15, 0.2) is 0 Å². The molecule has 7 heteroatoms. The summed E-state index contributed by atoms with van der Waals surface area (Å²) >= 11 is 3.11. The molecule has 0 aliphatic heterocycles. The molecule has 5 nitrogen and oxygen atoms in total. The Morgan fingerprint density at radius 3 is 2.70 bits per heavy atom. The van der Waals surface area contributed by atoms with Gasteiger partial charge in [0.1, 0.15) is 0 Å². The normalized spacial score (nSPS) is 10.8. The van der Waals surface area contributed by atoms with Crippen molar-refractivity contribution in [2.45, 2.75) is 39.0 Å². The van der Waals surface area contributed by atoms with Crippen molar-refractivity contribution in [3.63, 3.8) is 0 Å². The van der Waals surface area contributed by atoms with Crippen molar-refractivity contribution >= 4 is 35.0 Å². The Bertz CT molecular complexity index is 460. The molecule has 1 amide bonds. The van der Waals surface area contributed by atoms with E-state index in [4.69, 9.17) is 5.11 Å². The zero-order valence-corrected chi connectivity index (χ0v) is 13.6. The molecule has 0 fully saturated rings. The predicted octanol–water partition coefficient (Wildman–Crippen LogP) is 2.40. The molecule has 1 N–H and O–H groups in total. The van der Waals surface area contributed by atoms with Gasteiger partial charge in [0, 0.05) is 23.7 Å². The molecule has 1 rings (SSSR count). The van der Waals surface area contributed by atoms with Crippen LogP contribution < -0.4 is 0 Å². The third kappa shape index (κ3) is 5.92. The average Bonchev–Trinajstić information content (AvgIpc) is 2.74. The monoisotopic (exact) mass is 316 g/mol. The first-order chi connectivity index (χ1) is 9.40. The maximum absolute atomic E-state index is 12.1. The zero-order chi connectivity index (χ0) is 15.1. The van der Waals surface area contributed by atoms with Crippen LogP contribution in [-0.4, -0.2) is 45.2 Å². The highest BCUT2D eigenvalue weighted by Crippen LogP contribution is 2.16. The number of carbonyl (C=O) groups is 2. The minimum absolute atomic E-state index is 0.0140. The molecule has 0 saturated heterocycles. The number of carboxylic acids is 1. The van der Waals surface area contributed by atoms with Crippen LogP contribution in [0.15, 0.2) is 5.38 Å². The fourth-order valence-electron chi connectivity index (χ4n) is 1.69. The topological polar surface area (TPSA) is 70.5 Å². The first-order valence-corrected chi connectivity index (χ1v) is 8.43. The van der Waals surface area contributed by atoms with E-state index in [0.717, 1.165) is 10.7 Å². The van der Waals surface area contributed by atoms with Gasteiger partial charge < -0.3 is 10.0 Å². The number of carbonyl (C=O) groups excluding carboxylic acids is 1. The molecule has 0 spiro atoms. The number of amides is 1. The molecular weight excluding hydrogens is 296 g/mol. The lowest BCUT2D eigenvalue weighted by Gasteiger charge is -2.26. The molecule has 1 heterocycles. The smallest absolute Gasteiger partial charge is 0.305 e. The van der Waals surface area contributed by atoms with E-state index in [1.54, 1.807) is 16.2 Å². The second-order valence-corrected chi connectivity index (χ2v) is 6.72. The SMILES string of the molecule is Cc1nc(CSCC(=O)N(CCC(=O)O)C(C)C)cs1. The summed E-state index contributed by atoms with van der Waals surface area (Å²) in [5.41, 5.74) is 0.993. The van der Waals surface area contributed by atoms with E-state index in [1.165, 1.54) is 11.8 Å². The predicted molar refractivity (Wildman–Crippen MR) is 82.1 cm³/mol. The lowest BCUT2D eigenvalue weighted by Crippen LogP contribution is -2.39. The Morgan fingerprint density at radius 1 is 1.50 bits per heavy atom. The number of hydrogen-bond donors (Lipinski definition) is 1. The van der Waals surface area contributed by atoms with Crippen LogP contribution in [0.2, 0.25) is 0 Å². The summed E-state index contributed by atoms with van der Waals surface area (Å²) in [6, 6.07) is 0.0176. The fraction of sp³-hybridized carbons (Fsp3) is 0.615. The van der Waals surface area contributed by atoms with Gasteiger partial charge in [0.05, 0.1) is 22.9 Å². The average molecular weight is 316 g/mol. The van der Waals surface area contributed by atoms with Crippen LogP contribution in [0.4, 0.5) is 0 Å². The summed E-state index contributed by atoms with van der Waals surface area (Å²) in [6.45, 7) is 6.01. The lowest BCUT2D eigenvalue weighted by atomic mass is 10.3. The third-order valence-corrected chi connectivity index (χ3v) is 4.43. The van der Waals surface area contributed by atoms with Gasteiger partial charge in [-0.05, 0) is 20.8 Å². The Balaban J connectivity index is 2.39. The number of nitrogens with zero attached hydrogens (tertiary/aromatic N) is 2. The van der Waals surface area contributed by atoms with Crippen molar-refractivity contribution in [1.29, 1.82) is 0 Å². The van der Waals surface area contributed by atoms with Gasteiger partial charge in [-0.2, -0.15) is 0 Å². The van der Waals surface area contributed by atoms with E-state index in [-0.39, 0.29) is 24.9 Å². The van der Waals surface area contributed by atoms with Gasteiger partial charge in [0.2, 0.25) is 5.91 Å². The maximum atomic E-state index is 12.1. The summed E-state index contributed by atoms with van der Waals surface area (Å²) in [5.74, 6) is 0.169. The minimum Gasteiger partial charge on any atom is -0.481 e. The molecule has 0 atom stereocenters. The van der Waals surface area contributed by atoms with Crippen molar-refractivity contribution in [3.05, 3.63) is 16.1 Å². The number of thiazole rings is 1. The van der Waals surface area contributed by atoms with Gasteiger partial charge in [-0.3, -0.25) is 9.59 Å². The van der Waals surface area contributed by atoms with Crippen LogP contribution in [0, 0.1) is 6.92 Å². The van der Waals surface area contributed by atoms with Gasteiger partial charge in [-0.1, -0.05) is 0 Å². The van der Waals surface area contributed by atoms with Crippen LogP contribution in [0.3, 0.4) is 0 Å². The first-order valence-electron chi connectivity index (χ1n) is 6.40. The summed E-state index contributed by atoms with van der Waals surface area (Å²) in [4.78, 5) is 28.6. The Labute approximate surface area is 127 Å². The largest absolute Gasteiger partial charge is 0.481 e. The highest BCUT2D eigenvalue weighted by atomic mass is 32.2. The number of thioether (sulfide) groups is 1. The molecule has 0 unspecified atom stereocenters. The number of carboxylic acid groups (broad SMARTS) is 1. The molecule has 112 valence electrons. The Kier molecular flexibility index (Phi) is 7.01. The number of rotatable bonds is 8. The zero-order valence-electron chi connectivity index (χ0n) is 12.0. The molecule has 20 heavy (non-hydrogen) atoms. The van der Waals surface area contributed by atoms with Crippen molar-refractivity contribution in [1.82, 2.24) is 9.88 Å². The molecule has 1 aromatic rings. The van der Waals surface area contributed by atoms with Crippen molar-refractivity contribution in [2.75, 3.05) is 12.3 Å². The lowest BCUT2D eigenvalue weighted by molar-refractivity contribution is -0.138. The van der Waals surface area contributed by atoms with E-state index in [9.17, 15) is 9.59 Å². The number of aromatic nitrogens is 1. The summed E-state index contributed by atoms with van der Waals surface area (Å²) in [6.07, 6.45) is -0.0140. The van der Waals surface area contributed by atoms with Gasteiger partial charge in [0.25, 0.3) is 0 Å². The third-order valence-electron chi connectivity index (χ3n) is 2.65. The molecule has 0 aromatic carbocycles. The summed E-state index contributed by atoms with van der Waals surface area (Å²) in [5, 5.41) is 11.7. The standard InChI is InChI=1S/C13H20N2O3S2/c1-9(2)15(5-4-13(17)18)12(16)8-19-6-11-7-20-10(3)14-11/h7,9H,4-6,8H2,1-3H3,(H,17,18). The minimum atomic E-state index is -0.881. The second kappa shape index (κ2) is 8.26. The highest BCUT2D eigenvalue weighted by Gasteiger charge is 2.17.